The lowest BCUT2D eigenvalue weighted by molar-refractivity contribution is -0.137. The summed E-state index contributed by atoms with van der Waals surface area (Å²) in [7, 11) is 0. The number of carboxylic acids is 1. The van der Waals surface area contributed by atoms with Gasteiger partial charge in [-0.05, 0) is 18.2 Å². The van der Waals surface area contributed by atoms with E-state index in [9.17, 15) is 18.0 Å². The van der Waals surface area contributed by atoms with Gasteiger partial charge in [0.25, 0.3) is 0 Å². The quantitative estimate of drug-likeness (QED) is 0.822. The lowest BCUT2D eigenvalue weighted by atomic mass is 10.1. The number of nitrogens with two attached hydrogens (primary N) is 1. The van der Waals surface area contributed by atoms with Crippen LogP contribution >= 0.6 is 0 Å². The second kappa shape index (κ2) is 3.86. The summed E-state index contributed by atoms with van der Waals surface area (Å²) in [6.45, 7) is 0. The minimum Gasteiger partial charge on any atom is -0.478 e. The normalized spacial score (nSPS) is 11.7. The zero-order chi connectivity index (χ0) is 13.5. The zero-order valence-corrected chi connectivity index (χ0v) is 8.82. The number of fused-ring (bicyclic) bond motifs is 1. The molecule has 1 aromatic heterocycles. The third kappa shape index (κ3) is 1.94. The highest BCUT2D eigenvalue weighted by molar-refractivity contribution is 6.03. The minimum absolute atomic E-state index is 0.0234. The highest BCUT2D eigenvalue weighted by Crippen LogP contribution is 2.33. The number of aromatic nitrogens is 1. The fourth-order valence-corrected chi connectivity index (χ4v) is 1.56. The summed E-state index contributed by atoms with van der Waals surface area (Å²) in [6.07, 6.45) is -3.49. The predicted octanol–water partition coefficient (Wildman–Crippen LogP) is 2.53. The molecule has 1 heterocycles. The molecule has 7 heteroatoms. The molecule has 0 radical (unpaired) electrons. The Kier molecular flexibility index (Phi) is 2.61. The number of nitrogens with zero attached hydrogens (tertiary/aromatic N) is 1. The summed E-state index contributed by atoms with van der Waals surface area (Å²) < 4.78 is 37.6. The SMILES string of the molecule is Nc1c(C(=O)O)cnc2ccc(C(F)(F)F)cc12. The van der Waals surface area contributed by atoms with Crippen LogP contribution in [0.1, 0.15) is 15.9 Å². The lowest BCUT2D eigenvalue weighted by Crippen LogP contribution is -2.07. The van der Waals surface area contributed by atoms with Crippen LogP contribution < -0.4 is 5.73 Å². The Morgan fingerprint density at radius 3 is 2.56 bits per heavy atom. The molecule has 4 nitrogen and oxygen atoms in total. The number of pyridine rings is 1. The molecule has 0 spiro atoms. The number of carbonyl (C=O) groups is 1. The number of hydrogen-bond acceptors (Lipinski definition) is 3. The number of anilines is 1. The van der Waals surface area contributed by atoms with E-state index < -0.39 is 17.7 Å². The molecule has 0 aliphatic carbocycles. The fourth-order valence-electron chi connectivity index (χ4n) is 1.56. The van der Waals surface area contributed by atoms with E-state index >= 15 is 0 Å². The molecule has 3 N–H and O–H groups in total. The summed E-state index contributed by atoms with van der Waals surface area (Å²) in [6, 6.07) is 2.82. The Bertz CT molecular complexity index is 638. The van der Waals surface area contributed by atoms with Gasteiger partial charge in [0.1, 0.15) is 5.56 Å². The number of halogens is 3. The van der Waals surface area contributed by atoms with E-state index in [-0.39, 0.29) is 22.2 Å². The molecule has 2 rings (SSSR count). The van der Waals surface area contributed by atoms with Crippen molar-refractivity contribution in [1.82, 2.24) is 4.98 Å². The van der Waals surface area contributed by atoms with Crippen LogP contribution in [0.4, 0.5) is 18.9 Å². The predicted molar refractivity (Wildman–Crippen MR) is 58.1 cm³/mol. The summed E-state index contributed by atoms with van der Waals surface area (Å²) in [5.41, 5.74) is 4.32. The summed E-state index contributed by atoms with van der Waals surface area (Å²) in [4.78, 5) is 14.6. The van der Waals surface area contributed by atoms with Crippen molar-refractivity contribution in [2.24, 2.45) is 0 Å². The first-order valence-electron chi connectivity index (χ1n) is 4.79. The molecular formula is C11H7F3N2O2. The minimum atomic E-state index is -4.51. The number of nitrogen functional groups attached to an aromatic ring is 1. The first kappa shape index (κ1) is 12.2. The highest BCUT2D eigenvalue weighted by Gasteiger charge is 2.30. The number of carboxylic acid groups (broad SMARTS) is 1. The van der Waals surface area contributed by atoms with Gasteiger partial charge in [0.15, 0.2) is 0 Å². The van der Waals surface area contributed by atoms with E-state index in [1.54, 1.807) is 0 Å². The average molecular weight is 256 g/mol. The van der Waals surface area contributed by atoms with Gasteiger partial charge in [-0.15, -0.1) is 0 Å². The topological polar surface area (TPSA) is 76.2 Å². The molecule has 0 aliphatic rings. The van der Waals surface area contributed by atoms with E-state index in [0.717, 1.165) is 24.4 Å². The molecule has 0 saturated carbocycles. The van der Waals surface area contributed by atoms with Gasteiger partial charge >= 0.3 is 12.1 Å². The summed E-state index contributed by atoms with van der Waals surface area (Å²) >= 11 is 0. The molecular weight excluding hydrogens is 249 g/mol. The molecule has 1 aromatic carbocycles. The van der Waals surface area contributed by atoms with Gasteiger partial charge in [-0.2, -0.15) is 13.2 Å². The van der Waals surface area contributed by atoms with Crippen molar-refractivity contribution in [1.29, 1.82) is 0 Å². The van der Waals surface area contributed by atoms with Crippen LogP contribution in [0.5, 0.6) is 0 Å². The van der Waals surface area contributed by atoms with Crippen LogP contribution in [0.3, 0.4) is 0 Å². The zero-order valence-electron chi connectivity index (χ0n) is 8.82. The average Bonchev–Trinajstić information content (AvgIpc) is 2.27. The van der Waals surface area contributed by atoms with Crippen molar-refractivity contribution in [2.45, 2.75) is 6.18 Å². The molecule has 0 saturated heterocycles. The molecule has 0 bridgehead atoms. The van der Waals surface area contributed by atoms with Gasteiger partial charge in [-0.3, -0.25) is 4.98 Å². The van der Waals surface area contributed by atoms with Crippen LogP contribution in [0.15, 0.2) is 24.4 Å². The van der Waals surface area contributed by atoms with Crippen molar-refractivity contribution in [3.05, 3.63) is 35.5 Å². The van der Waals surface area contributed by atoms with E-state index in [1.165, 1.54) is 0 Å². The number of rotatable bonds is 1. The fraction of sp³-hybridized carbons (Fsp3) is 0.0909. The molecule has 0 amide bonds. The first-order valence-corrected chi connectivity index (χ1v) is 4.79. The van der Waals surface area contributed by atoms with Gasteiger partial charge in [-0.25, -0.2) is 4.79 Å². The van der Waals surface area contributed by atoms with Gasteiger partial charge in [0.2, 0.25) is 0 Å². The van der Waals surface area contributed by atoms with Crippen molar-refractivity contribution < 1.29 is 23.1 Å². The maximum atomic E-state index is 12.5. The molecule has 0 fully saturated rings. The van der Waals surface area contributed by atoms with Crippen molar-refractivity contribution >= 4 is 22.6 Å². The van der Waals surface area contributed by atoms with E-state index in [2.05, 4.69) is 4.98 Å². The first-order chi connectivity index (χ1) is 8.30. The Hall–Kier alpha value is -2.31. The highest BCUT2D eigenvalue weighted by atomic mass is 19.4. The van der Waals surface area contributed by atoms with Crippen LogP contribution in [0.25, 0.3) is 10.9 Å². The largest absolute Gasteiger partial charge is 0.478 e. The smallest absolute Gasteiger partial charge is 0.416 e. The third-order valence-corrected chi connectivity index (χ3v) is 2.47. The molecule has 0 aliphatic heterocycles. The van der Waals surface area contributed by atoms with E-state index in [1.807, 2.05) is 0 Å². The Morgan fingerprint density at radius 1 is 1.33 bits per heavy atom. The van der Waals surface area contributed by atoms with Gasteiger partial charge < -0.3 is 10.8 Å². The van der Waals surface area contributed by atoms with Crippen molar-refractivity contribution in [3.63, 3.8) is 0 Å². The van der Waals surface area contributed by atoms with Gasteiger partial charge in [0, 0.05) is 11.6 Å². The Morgan fingerprint density at radius 2 is 2.00 bits per heavy atom. The Labute approximate surface area is 98.9 Å². The van der Waals surface area contributed by atoms with Crippen LogP contribution in [0, 0.1) is 0 Å². The number of aromatic carboxylic acids is 1. The lowest BCUT2D eigenvalue weighted by Gasteiger charge is -2.09. The molecule has 0 unspecified atom stereocenters. The molecule has 0 atom stereocenters. The number of benzene rings is 1. The maximum Gasteiger partial charge on any atom is 0.416 e. The van der Waals surface area contributed by atoms with Crippen molar-refractivity contribution in [3.8, 4) is 0 Å². The number of hydrogen-bond donors (Lipinski definition) is 2. The Balaban J connectivity index is 2.75. The monoisotopic (exact) mass is 256 g/mol. The number of alkyl halides is 3. The van der Waals surface area contributed by atoms with Gasteiger partial charge in [0.05, 0.1) is 16.8 Å². The van der Waals surface area contributed by atoms with Gasteiger partial charge in [-0.1, -0.05) is 0 Å². The standard InChI is InChI=1S/C11H7F3N2O2/c12-11(13,14)5-1-2-8-6(3-5)9(15)7(4-16-8)10(17)18/h1-4H,(H2,15,16)(H,17,18). The second-order valence-electron chi connectivity index (χ2n) is 3.62. The van der Waals surface area contributed by atoms with E-state index in [0.29, 0.717) is 0 Å². The molecule has 18 heavy (non-hydrogen) atoms. The third-order valence-electron chi connectivity index (χ3n) is 2.47. The maximum absolute atomic E-state index is 12.5. The van der Waals surface area contributed by atoms with Crippen LogP contribution in [0.2, 0.25) is 0 Å². The van der Waals surface area contributed by atoms with E-state index in [4.69, 9.17) is 10.8 Å². The molecule has 94 valence electrons. The summed E-state index contributed by atoms with van der Waals surface area (Å²) in [5.74, 6) is -1.33. The molecule has 2 aromatic rings. The summed E-state index contributed by atoms with van der Waals surface area (Å²) in [5, 5.41) is 8.79. The van der Waals surface area contributed by atoms with Crippen LogP contribution in [-0.4, -0.2) is 16.1 Å². The van der Waals surface area contributed by atoms with Crippen molar-refractivity contribution in [2.75, 3.05) is 5.73 Å². The van der Waals surface area contributed by atoms with Crippen LogP contribution in [-0.2, 0) is 6.18 Å². The second-order valence-corrected chi connectivity index (χ2v) is 3.62.